The molecule has 0 saturated carbocycles. The number of rotatable bonds is 4. The van der Waals surface area contributed by atoms with Crippen molar-refractivity contribution in [3.8, 4) is 0 Å². The molecule has 0 aliphatic heterocycles. The lowest BCUT2D eigenvalue weighted by molar-refractivity contribution is 1.08. The lowest BCUT2D eigenvalue weighted by Crippen LogP contribution is -1.82. The second kappa shape index (κ2) is 5.59. The zero-order chi connectivity index (χ0) is 8.69. The molecule has 0 rings (SSSR count). The first-order chi connectivity index (χ1) is 5.29. The van der Waals surface area contributed by atoms with Crippen molar-refractivity contribution >= 4 is 0 Å². The highest BCUT2D eigenvalue weighted by molar-refractivity contribution is 5.31. The van der Waals surface area contributed by atoms with Crippen LogP contribution in [-0.2, 0) is 0 Å². The maximum atomic E-state index is 10.2. The summed E-state index contributed by atoms with van der Waals surface area (Å²) in [5, 5.41) is 2.89. The maximum absolute atomic E-state index is 10.2. The predicted octanol–water partition coefficient (Wildman–Crippen LogP) is 3.18. The Balaban J connectivity index is 4.61. The van der Waals surface area contributed by atoms with Crippen molar-refractivity contribution in [2.24, 2.45) is 5.18 Å². The van der Waals surface area contributed by atoms with Gasteiger partial charge in [0, 0.05) is 0 Å². The Bertz CT molecular complexity index is 202. The lowest BCUT2D eigenvalue weighted by Gasteiger charge is -1.98. The summed E-state index contributed by atoms with van der Waals surface area (Å²) < 4.78 is 0. The van der Waals surface area contributed by atoms with Crippen LogP contribution in [0.3, 0.4) is 0 Å². The number of hydrogen-bond donors (Lipinski definition) is 0. The third-order valence-electron chi connectivity index (χ3n) is 1.40. The first-order valence-electron chi connectivity index (χ1n) is 3.61. The molecule has 0 aromatic heterocycles. The summed E-state index contributed by atoms with van der Waals surface area (Å²) in [7, 11) is 0. The first-order valence-corrected chi connectivity index (χ1v) is 3.61. The fraction of sp³-hybridized carbons (Fsp3) is 0.333. The van der Waals surface area contributed by atoms with Gasteiger partial charge < -0.3 is 0 Å². The van der Waals surface area contributed by atoms with Crippen molar-refractivity contribution in [3.05, 3.63) is 41.0 Å². The normalized spacial score (nSPS) is 12.9. The Labute approximate surface area is 67.3 Å². The first kappa shape index (κ1) is 9.82. The maximum Gasteiger partial charge on any atom is 0.106 e. The number of allylic oxidation sites excluding steroid dienone is 4. The zero-order valence-corrected chi connectivity index (χ0v) is 7.00. The molecule has 2 nitrogen and oxygen atoms in total. The minimum atomic E-state index is 0.507. The van der Waals surface area contributed by atoms with Crippen LogP contribution >= 0.6 is 0 Å². The molecule has 0 aromatic carbocycles. The molecule has 11 heavy (non-hydrogen) atoms. The van der Waals surface area contributed by atoms with Crippen LogP contribution in [-0.4, -0.2) is 0 Å². The van der Waals surface area contributed by atoms with Crippen LogP contribution in [0.2, 0.25) is 0 Å². The van der Waals surface area contributed by atoms with Crippen molar-refractivity contribution in [2.75, 3.05) is 0 Å². The molecule has 0 spiro atoms. The molecule has 0 atom stereocenters. The highest BCUT2D eigenvalue weighted by Crippen LogP contribution is 2.14. The summed E-state index contributed by atoms with van der Waals surface area (Å²) in [5.74, 6) is 0. The van der Waals surface area contributed by atoms with Gasteiger partial charge in [0.2, 0.25) is 0 Å². The fourth-order valence-electron chi connectivity index (χ4n) is 0.823. The van der Waals surface area contributed by atoms with Gasteiger partial charge in [-0.05, 0) is 24.1 Å². The van der Waals surface area contributed by atoms with Crippen molar-refractivity contribution in [1.82, 2.24) is 0 Å². The van der Waals surface area contributed by atoms with Gasteiger partial charge in [-0.2, -0.15) is 0 Å². The Morgan fingerprint density at radius 3 is 2.55 bits per heavy atom. The van der Waals surface area contributed by atoms with E-state index in [1.54, 1.807) is 25.2 Å². The summed E-state index contributed by atoms with van der Waals surface area (Å²) in [6, 6.07) is 0. The van der Waals surface area contributed by atoms with E-state index < -0.39 is 0 Å². The Kier molecular flexibility index (Phi) is 4.99. The Hall–Kier alpha value is -1.18. The van der Waals surface area contributed by atoms with Crippen LogP contribution in [0.25, 0.3) is 0 Å². The van der Waals surface area contributed by atoms with Gasteiger partial charge in [-0.1, -0.05) is 31.7 Å². The highest BCUT2D eigenvalue weighted by atomic mass is 16.3. The summed E-state index contributed by atoms with van der Waals surface area (Å²) in [5.41, 5.74) is 1.44. The van der Waals surface area contributed by atoms with Gasteiger partial charge in [-0.3, -0.25) is 0 Å². The van der Waals surface area contributed by atoms with Gasteiger partial charge >= 0.3 is 0 Å². The summed E-state index contributed by atoms with van der Waals surface area (Å²) in [6.45, 7) is 7.32. The van der Waals surface area contributed by atoms with Crippen LogP contribution in [0, 0.1) is 4.91 Å². The van der Waals surface area contributed by atoms with Gasteiger partial charge in [0.05, 0.1) is 0 Å². The van der Waals surface area contributed by atoms with Gasteiger partial charge in [-0.15, -0.1) is 4.91 Å². The molecule has 2 heteroatoms. The molecule has 0 aliphatic carbocycles. The van der Waals surface area contributed by atoms with E-state index in [9.17, 15) is 4.91 Å². The molecule has 0 aromatic rings. The summed E-state index contributed by atoms with van der Waals surface area (Å²) in [6.07, 6.45) is 5.97. The number of nitrogens with zero attached hydrogens (tertiary/aromatic N) is 1. The third-order valence-corrected chi connectivity index (χ3v) is 1.40. The van der Waals surface area contributed by atoms with Crippen LogP contribution in [0.4, 0.5) is 0 Å². The Morgan fingerprint density at radius 1 is 1.64 bits per heavy atom. The highest BCUT2D eigenvalue weighted by Gasteiger charge is 1.99. The smallest absolute Gasteiger partial charge is 0.106 e. The SMILES string of the molecule is C=C/C=C(CC)\C(=C/C)N=O. The minimum absolute atomic E-state index is 0.507. The standard InChI is InChI=1S/C9H13NO/c1-4-7-8(5-2)9(6-3)10-11/h4,6-7H,1,5H2,2-3H3/b8-7-,9-6+. The van der Waals surface area contributed by atoms with Crippen LogP contribution in [0.15, 0.2) is 41.3 Å². The van der Waals surface area contributed by atoms with E-state index in [0.29, 0.717) is 5.70 Å². The van der Waals surface area contributed by atoms with Crippen molar-refractivity contribution < 1.29 is 0 Å². The molecule has 0 radical (unpaired) electrons. The molecule has 60 valence electrons. The minimum Gasteiger partial charge on any atom is -0.145 e. The average Bonchev–Trinajstić information content (AvgIpc) is 2.05. The molecule has 0 amide bonds. The van der Waals surface area contributed by atoms with Crippen LogP contribution in [0.1, 0.15) is 20.3 Å². The molecule has 0 heterocycles. The molecule has 0 aliphatic rings. The second-order valence-electron chi connectivity index (χ2n) is 2.05. The van der Waals surface area contributed by atoms with Crippen LogP contribution < -0.4 is 0 Å². The third kappa shape index (κ3) is 2.94. The van der Waals surface area contributed by atoms with Gasteiger partial charge in [0.1, 0.15) is 5.70 Å². The van der Waals surface area contributed by atoms with Crippen molar-refractivity contribution in [3.63, 3.8) is 0 Å². The van der Waals surface area contributed by atoms with E-state index in [-0.39, 0.29) is 0 Å². The molecule has 0 N–H and O–H groups in total. The van der Waals surface area contributed by atoms with E-state index in [2.05, 4.69) is 11.8 Å². The molecule has 0 unspecified atom stereocenters. The quantitative estimate of drug-likeness (QED) is 0.448. The molecule has 0 bridgehead atoms. The fourth-order valence-corrected chi connectivity index (χ4v) is 0.823. The van der Waals surface area contributed by atoms with Gasteiger partial charge in [0.25, 0.3) is 0 Å². The van der Waals surface area contributed by atoms with E-state index in [1.165, 1.54) is 0 Å². The summed E-state index contributed by atoms with van der Waals surface area (Å²) in [4.78, 5) is 10.2. The van der Waals surface area contributed by atoms with Crippen molar-refractivity contribution in [2.45, 2.75) is 20.3 Å². The van der Waals surface area contributed by atoms with Gasteiger partial charge in [-0.25, -0.2) is 0 Å². The molecular formula is C9H13NO. The molecule has 0 fully saturated rings. The predicted molar refractivity (Wildman–Crippen MR) is 48.1 cm³/mol. The molecular weight excluding hydrogens is 138 g/mol. The monoisotopic (exact) mass is 151 g/mol. The largest absolute Gasteiger partial charge is 0.145 e. The van der Waals surface area contributed by atoms with E-state index in [1.807, 2.05) is 6.92 Å². The topological polar surface area (TPSA) is 29.4 Å². The zero-order valence-electron chi connectivity index (χ0n) is 7.00. The lowest BCUT2D eigenvalue weighted by atomic mass is 10.1. The summed E-state index contributed by atoms with van der Waals surface area (Å²) >= 11 is 0. The second-order valence-corrected chi connectivity index (χ2v) is 2.05. The van der Waals surface area contributed by atoms with E-state index in [0.717, 1.165) is 12.0 Å². The van der Waals surface area contributed by atoms with Gasteiger partial charge in [0.15, 0.2) is 0 Å². The number of hydrogen-bond acceptors (Lipinski definition) is 2. The van der Waals surface area contributed by atoms with E-state index in [4.69, 9.17) is 0 Å². The Morgan fingerprint density at radius 2 is 2.27 bits per heavy atom. The van der Waals surface area contributed by atoms with E-state index >= 15 is 0 Å². The van der Waals surface area contributed by atoms with Crippen LogP contribution in [0.5, 0.6) is 0 Å². The number of nitroso groups, excluding NO2 is 1. The molecule has 0 saturated heterocycles. The average molecular weight is 151 g/mol. The van der Waals surface area contributed by atoms with Crippen molar-refractivity contribution in [1.29, 1.82) is 0 Å².